The molecule has 1 aliphatic heterocycles. The number of hydrogen-bond acceptors (Lipinski definition) is 5. The SMILES string of the molecule is CCON=C(CCN1CCN(c2ccccc2OCC)CC1)c1ccccc1. The molecule has 0 aromatic heterocycles. The molecule has 0 aliphatic carbocycles. The van der Waals surface area contributed by atoms with E-state index in [2.05, 4.69) is 45.3 Å². The second-order valence-electron chi connectivity index (χ2n) is 6.80. The lowest BCUT2D eigenvalue weighted by Gasteiger charge is -2.36. The highest BCUT2D eigenvalue weighted by molar-refractivity contribution is 6.00. The van der Waals surface area contributed by atoms with Crippen molar-refractivity contribution in [2.45, 2.75) is 20.3 Å². The van der Waals surface area contributed by atoms with Gasteiger partial charge in [0.2, 0.25) is 0 Å². The van der Waals surface area contributed by atoms with Crippen molar-refractivity contribution >= 4 is 11.4 Å². The first-order valence-corrected chi connectivity index (χ1v) is 10.2. The van der Waals surface area contributed by atoms with Gasteiger partial charge in [0.25, 0.3) is 0 Å². The summed E-state index contributed by atoms with van der Waals surface area (Å²) in [7, 11) is 0. The van der Waals surface area contributed by atoms with Gasteiger partial charge < -0.3 is 14.5 Å². The summed E-state index contributed by atoms with van der Waals surface area (Å²) in [6.45, 7) is 10.4. The number of hydrogen-bond donors (Lipinski definition) is 0. The summed E-state index contributed by atoms with van der Waals surface area (Å²) in [6, 6.07) is 18.7. The summed E-state index contributed by atoms with van der Waals surface area (Å²) in [6.07, 6.45) is 0.888. The minimum atomic E-state index is 0.592. The monoisotopic (exact) mass is 381 g/mol. The fourth-order valence-corrected chi connectivity index (χ4v) is 3.49. The van der Waals surface area contributed by atoms with Gasteiger partial charge in [-0.3, -0.25) is 4.90 Å². The number of oxime groups is 1. The fraction of sp³-hybridized carbons (Fsp3) is 0.435. The molecule has 0 amide bonds. The molecule has 0 N–H and O–H groups in total. The minimum absolute atomic E-state index is 0.592. The second kappa shape index (κ2) is 10.7. The molecule has 5 heteroatoms. The number of rotatable bonds is 9. The molecule has 0 radical (unpaired) electrons. The van der Waals surface area contributed by atoms with E-state index in [4.69, 9.17) is 9.57 Å². The maximum atomic E-state index is 5.80. The Balaban J connectivity index is 1.55. The molecule has 5 nitrogen and oxygen atoms in total. The minimum Gasteiger partial charge on any atom is -0.492 e. The average molecular weight is 382 g/mol. The van der Waals surface area contributed by atoms with Crippen molar-refractivity contribution in [2.24, 2.45) is 5.16 Å². The molecule has 1 heterocycles. The van der Waals surface area contributed by atoms with E-state index in [9.17, 15) is 0 Å². The third-order valence-corrected chi connectivity index (χ3v) is 4.95. The van der Waals surface area contributed by atoms with Gasteiger partial charge in [0.15, 0.2) is 0 Å². The topological polar surface area (TPSA) is 37.3 Å². The lowest BCUT2D eigenvalue weighted by molar-refractivity contribution is 0.157. The molecule has 0 saturated carbocycles. The molecule has 0 spiro atoms. The Morgan fingerprint density at radius 3 is 2.32 bits per heavy atom. The first-order chi connectivity index (χ1) is 13.8. The van der Waals surface area contributed by atoms with E-state index < -0.39 is 0 Å². The highest BCUT2D eigenvalue weighted by Crippen LogP contribution is 2.28. The zero-order valence-corrected chi connectivity index (χ0v) is 17.0. The van der Waals surface area contributed by atoms with Crippen LogP contribution < -0.4 is 9.64 Å². The van der Waals surface area contributed by atoms with Gasteiger partial charge in [0.1, 0.15) is 12.4 Å². The highest BCUT2D eigenvalue weighted by Gasteiger charge is 2.20. The van der Waals surface area contributed by atoms with Crippen LogP contribution in [0.1, 0.15) is 25.8 Å². The summed E-state index contributed by atoms with van der Waals surface area (Å²) in [5, 5.41) is 4.35. The normalized spacial score (nSPS) is 15.5. The van der Waals surface area contributed by atoms with Crippen LogP contribution in [-0.4, -0.2) is 56.5 Å². The van der Waals surface area contributed by atoms with E-state index in [1.165, 1.54) is 5.69 Å². The predicted octanol–water partition coefficient (Wildman–Crippen LogP) is 4.04. The third kappa shape index (κ3) is 5.49. The van der Waals surface area contributed by atoms with Crippen LogP contribution in [0.5, 0.6) is 5.75 Å². The van der Waals surface area contributed by atoms with Gasteiger partial charge in [0.05, 0.1) is 18.0 Å². The van der Waals surface area contributed by atoms with Crippen LogP contribution >= 0.6 is 0 Å². The van der Waals surface area contributed by atoms with Gasteiger partial charge in [-0.25, -0.2) is 0 Å². The van der Waals surface area contributed by atoms with Gasteiger partial charge in [0, 0.05) is 39.1 Å². The summed E-state index contributed by atoms with van der Waals surface area (Å²) in [5.41, 5.74) is 3.36. The molecule has 150 valence electrons. The maximum Gasteiger partial charge on any atom is 0.142 e. The molecule has 0 atom stereocenters. The number of anilines is 1. The van der Waals surface area contributed by atoms with E-state index >= 15 is 0 Å². The third-order valence-electron chi connectivity index (χ3n) is 4.95. The lowest BCUT2D eigenvalue weighted by Crippen LogP contribution is -2.47. The van der Waals surface area contributed by atoms with Crippen molar-refractivity contribution in [3.8, 4) is 5.75 Å². The second-order valence-corrected chi connectivity index (χ2v) is 6.80. The Morgan fingerprint density at radius 1 is 0.893 bits per heavy atom. The van der Waals surface area contributed by atoms with Crippen molar-refractivity contribution in [3.05, 3.63) is 60.2 Å². The van der Waals surface area contributed by atoms with Crippen molar-refractivity contribution in [1.82, 2.24) is 4.90 Å². The van der Waals surface area contributed by atoms with Gasteiger partial charge in [-0.1, -0.05) is 47.6 Å². The van der Waals surface area contributed by atoms with Crippen LogP contribution in [0.2, 0.25) is 0 Å². The smallest absolute Gasteiger partial charge is 0.142 e. The van der Waals surface area contributed by atoms with Crippen LogP contribution in [-0.2, 0) is 4.84 Å². The summed E-state index contributed by atoms with van der Waals surface area (Å²) in [4.78, 5) is 10.3. The molecule has 2 aromatic rings. The van der Waals surface area contributed by atoms with Gasteiger partial charge >= 0.3 is 0 Å². The van der Waals surface area contributed by atoms with Crippen LogP contribution in [0.25, 0.3) is 0 Å². The molecule has 1 fully saturated rings. The van der Waals surface area contributed by atoms with E-state index in [0.29, 0.717) is 13.2 Å². The van der Waals surface area contributed by atoms with Crippen LogP contribution in [0.15, 0.2) is 59.8 Å². The van der Waals surface area contributed by atoms with E-state index in [-0.39, 0.29) is 0 Å². The van der Waals surface area contributed by atoms with Crippen molar-refractivity contribution in [3.63, 3.8) is 0 Å². The van der Waals surface area contributed by atoms with Crippen LogP contribution in [0.3, 0.4) is 0 Å². The lowest BCUT2D eigenvalue weighted by atomic mass is 10.1. The van der Waals surface area contributed by atoms with Gasteiger partial charge in [-0.2, -0.15) is 0 Å². The van der Waals surface area contributed by atoms with Gasteiger partial charge in [-0.15, -0.1) is 0 Å². The van der Waals surface area contributed by atoms with E-state index in [1.807, 2.05) is 38.1 Å². The maximum absolute atomic E-state index is 5.80. The Morgan fingerprint density at radius 2 is 1.61 bits per heavy atom. The largest absolute Gasteiger partial charge is 0.492 e. The first kappa shape index (κ1) is 20.2. The fourth-order valence-electron chi connectivity index (χ4n) is 3.49. The zero-order chi connectivity index (χ0) is 19.6. The van der Waals surface area contributed by atoms with Crippen molar-refractivity contribution < 1.29 is 9.57 Å². The van der Waals surface area contributed by atoms with E-state index in [1.54, 1.807) is 0 Å². The van der Waals surface area contributed by atoms with Crippen LogP contribution in [0.4, 0.5) is 5.69 Å². The summed E-state index contributed by atoms with van der Waals surface area (Å²) < 4.78 is 5.80. The first-order valence-electron chi connectivity index (χ1n) is 10.2. The molecule has 28 heavy (non-hydrogen) atoms. The standard InChI is InChI=1S/C23H31N3O2/c1-3-27-23-13-9-8-12-22(23)26-18-16-25(17-19-26)15-14-21(24-28-4-2)20-10-6-5-7-11-20/h5-13H,3-4,14-19H2,1-2H3. The molecule has 3 rings (SSSR count). The summed E-state index contributed by atoms with van der Waals surface area (Å²) >= 11 is 0. The van der Waals surface area contributed by atoms with E-state index in [0.717, 1.165) is 56.2 Å². The molecule has 1 saturated heterocycles. The Hall–Kier alpha value is -2.53. The van der Waals surface area contributed by atoms with Crippen molar-refractivity contribution in [1.29, 1.82) is 0 Å². The molecular formula is C23H31N3O2. The predicted molar refractivity (Wildman–Crippen MR) is 115 cm³/mol. The number of para-hydroxylation sites is 2. The number of benzene rings is 2. The molecule has 0 unspecified atom stereocenters. The average Bonchev–Trinajstić information content (AvgIpc) is 2.76. The highest BCUT2D eigenvalue weighted by atomic mass is 16.6. The molecule has 2 aromatic carbocycles. The zero-order valence-electron chi connectivity index (χ0n) is 17.0. The number of ether oxygens (including phenoxy) is 1. The van der Waals surface area contributed by atoms with Crippen LogP contribution in [0, 0.1) is 0 Å². The Kier molecular flexibility index (Phi) is 7.73. The summed E-state index contributed by atoms with van der Waals surface area (Å²) in [5.74, 6) is 0.980. The number of piperazine rings is 1. The van der Waals surface area contributed by atoms with Gasteiger partial charge in [-0.05, 0) is 31.5 Å². The Labute approximate surface area is 168 Å². The van der Waals surface area contributed by atoms with Crippen molar-refractivity contribution in [2.75, 3.05) is 50.8 Å². The molecular weight excluding hydrogens is 350 g/mol. The molecule has 1 aliphatic rings. The Bertz CT molecular complexity index is 741. The molecule has 0 bridgehead atoms. The number of nitrogens with zero attached hydrogens (tertiary/aromatic N) is 3. The quantitative estimate of drug-likeness (QED) is 0.485.